The highest BCUT2D eigenvalue weighted by Crippen LogP contribution is 2.21. The molecular formula is C16H28N4. The highest BCUT2D eigenvalue weighted by molar-refractivity contribution is 5.42. The zero-order valence-corrected chi connectivity index (χ0v) is 12.9. The average Bonchev–Trinajstić information content (AvgIpc) is 2.44. The lowest BCUT2D eigenvalue weighted by Crippen LogP contribution is -2.23. The number of aromatic nitrogens is 2. The number of hydrogen-bond acceptors (Lipinski definition) is 4. The fourth-order valence-corrected chi connectivity index (χ4v) is 2.75. The van der Waals surface area contributed by atoms with E-state index in [0.29, 0.717) is 6.04 Å². The van der Waals surface area contributed by atoms with Gasteiger partial charge in [0.05, 0.1) is 0 Å². The molecule has 1 aliphatic carbocycles. The molecule has 1 aliphatic rings. The van der Waals surface area contributed by atoms with Crippen LogP contribution in [0.4, 0.5) is 11.8 Å². The first kappa shape index (κ1) is 15.1. The first-order valence-electron chi connectivity index (χ1n) is 8.14. The maximum Gasteiger partial charge on any atom is 0.224 e. The van der Waals surface area contributed by atoms with Gasteiger partial charge in [0.25, 0.3) is 0 Å². The van der Waals surface area contributed by atoms with Crippen LogP contribution in [0.1, 0.15) is 64.0 Å². The van der Waals surface area contributed by atoms with Crippen molar-refractivity contribution < 1.29 is 0 Å². The molecule has 1 aromatic heterocycles. The van der Waals surface area contributed by atoms with Crippen LogP contribution in [0.2, 0.25) is 0 Å². The first-order chi connectivity index (χ1) is 9.78. The number of unbranched alkanes of at least 4 members (excludes halogenated alkanes) is 2. The van der Waals surface area contributed by atoms with Crippen molar-refractivity contribution in [3.8, 4) is 0 Å². The molecule has 4 nitrogen and oxygen atoms in total. The van der Waals surface area contributed by atoms with E-state index in [2.05, 4.69) is 27.5 Å². The van der Waals surface area contributed by atoms with Crippen LogP contribution in [0.25, 0.3) is 0 Å². The van der Waals surface area contributed by atoms with E-state index in [1.807, 2.05) is 13.0 Å². The third-order valence-electron chi connectivity index (χ3n) is 3.87. The molecule has 20 heavy (non-hydrogen) atoms. The smallest absolute Gasteiger partial charge is 0.224 e. The molecule has 0 spiro atoms. The van der Waals surface area contributed by atoms with Crippen LogP contribution >= 0.6 is 0 Å². The molecule has 0 atom stereocenters. The third kappa shape index (κ3) is 4.99. The van der Waals surface area contributed by atoms with Gasteiger partial charge in [-0.15, -0.1) is 0 Å². The highest BCUT2D eigenvalue weighted by atomic mass is 15.1. The molecule has 0 saturated heterocycles. The predicted molar refractivity (Wildman–Crippen MR) is 85.3 cm³/mol. The Morgan fingerprint density at radius 2 is 1.95 bits per heavy atom. The van der Waals surface area contributed by atoms with Gasteiger partial charge in [-0.05, 0) is 26.2 Å². The van der Waals surface area contributed by atoms with Crippen LogP contribution in [0.3, 0.4) is 0 Å². The summed E-state index contributed by atoms with van der Waals surface area (Å²) in [5.41, 5.74) is 1.02. The summed E-state index contributed by atoms with van der Waals surface area (Å²) in [5.74, 6) is 1.74. The largest absolute Gasteiger partial charge is 0.367 e. The molecule has 1 saturated carbocycles. The summed E-state index contributed by atoms with van der Waals surface area (Å²) in [6.45, 7) is 5.21. The topological polar surface area (TPSA) is 49.8 Å². The van der Waals surface area contributed by atoms with Crippen molar-refractivity contribution in [1.82, 2.24) is 9.97 Å². The summed E-state index contributed by atoms with van der Waals surface area (Å²) >= 11 is 0. The fourth-order valence-electron chi connectivity index (χ4n) is 2.75. The number of aryl methyl sites for hydroxylation is 1. The van der Waals surface area contributed by atoms with Gasteiger partial charge in [0.2, 0.25) is 5.95 Å². The summed E-state index contributed by atoms with van der Waals surface area (Å²) in [7, 11) is 0. The van der Waals surface area contributed by atoms with Gasteiger partial charge in [-0.1, -0.05) is 39.0 Å². The minimum Gasteiger partial charge on any atom is -0.367 e. The Morgan fingerprint density at radius 3 is 2.70 bits per heavy atom. The molecule has 112 valence electrons. The Morgan fingerprint density at radius 1 is 1.15 bits per heavy atom. The molecule has 0 amide bonds. The Labute approximate surface area is 122 Å². The molecule has 1 heterocycles. The van der Waals surface area contributed by atoms with Gasteiger partial charge >= 0.3 is 0 Å². The first-order valence-corrected chi connectivity index (χ1v) is 8.14. The molecule has 2 rings (SSSR count). The van der Waals surface area contributed by atoms with Gasteiger partial charge in [-0.25, -0.2) is 4.98 Å². The molecule has 0 aromatic carbocycles. The SMILES string of the molecule is CCCCCNc1nc(C)cc(NC2CCCCC2)n1. The van der Waals surface area contributed by atoms with E-state index in [1.54, 1.807) is 0 Å². The van der Waals surface area contributed by atoms with Crippen molar-refractivity contribution in [2.45, 2.75) is 71.3 Å². The summed E-state index contributed by atoms with van der Waals surface area (Å²) in [4.78, 5) is 9.05. The molecule has 1 aromatic rings. The van der Waals surface area contributed by atoms with Crippen molar-refractivity contribution in [2.24, 2.45) is 0 Å². The minimum atomic E-state index is 0.589. The second-order valence-corrected chi connectivity index (χ2v) is 5.83. The van der Waals surface area contributed by atoms with Crippen molar-refractivity contribution in [1.29, 1.82) is 0 Å². The number of nitrogens with zero attached hydrogens (tertiary/aromatic N) is 2. The van der Waals surface area contributed by atoms with Crippen molar-refractivity contribution in [3.63, 3.8) is 0 Å². The Hall–Kier alpha value is -1.32. The molecule has 0 bridgehead atoms. The highest BCUT2D eigenvalue weighted by Gasteiger charge is 2.14. The molecule has 0 unspecified atom stereocenters. The minimum absolute atomic E-state index is 0.589. The standard InChI is InChI=1S/C16H28N4/c1-3-4-8-11-17-16-18-13(2)12-15(20-16)19-14-9-6-5-7-10-14/h12,14H,3-11H2,1-2H3,(H2,17,18,19,20). The lowest BCUT2D eigenvalue weighted by Gasteiger charge is -2.23. The zero-order chi connectivity index (χ0) is 14.2. The van der Waals surface area contributed by atoms with Gasteiger partial charge in [-0.2, -0.15) is 4.98 Å². The van der Waals surface area contributed by atoms with Crippen molar-refractivity contribution in [2.75, 3.05) is 17.2 Å². The van der Waals surface area contributed by atoms with Crippen LogP contribution in [-0.2, 0) is 0 Å². The van der Waals surface area contributed by atoms with E-state index < -0.39 is 0 Å². The van der Waals surface area contributed by atoms with Gasteiger partial charge < -0.3 is 10.6 Å². The van der Waals surface area contributed by atoms with Gasteiger partial charge in [0, 0.05) is 24.3 Å². The van der Waals surface area contributed by atoms with Crippen molar-refractivity contribution in [3.05, 3.63) is 11.8 Å². The predicted octanol–water partition coefficient (Wildman–Crippen LogP) is 4.13. The van der Waals surface area contributed by atoms with Gasteiger partial charge in [-0.3, -0.25) is 0 Å². The monoisotopic (exact) mass is 276 g/mol. The molecular weight excluding hydrogens is 248 g/mol. The number of anilines is 2. The second-order valence-electron chi connectivity index (χ2n) is 5.83. The van der Waals surface area contributed by atoms with Crippen LogP contribution in [0.5, 0.6) is 0 Å². The second kappa shape index (κ2) is 8.08. The fraction of sp³-hybridized carbons (Fsp3) is 0.750. The van der Waals surface area contributed by atoms with Gasteiger partial charge in [0.15, 0.2) is 0 Å². The Bertz CT molecular complexity index is 399. The van der Waals surface area contributed by atoms with Gasteiger partial charge in [0.1, 0.15) is 5.82 Å². The summed E-state index contributed by atoms with van der Waals surface area (Å²) in [6, 6.07) is 2.64. The maximum atomic E-state index is 4.59. The lowest BCUT2D eigenvalue weighted by atomic mass is 9.95. The summed E-state index contributed by atoms with van der Waals surface area (Å²) in [5, 5.41) is 6.91. The Balaban J connectivity index is 1.89. The van der Waals surface area contributed by atoms with Crippen LogP contribution in [0.15, 0.2) is 6.07 Å². The summed E-state index contributed by atoms with van der Waals surface area (Å²) < 4.78 is 0. The van der Waals surface area contributed by atoms with Crippen LogP contribution in [-0.4, -0.2) is 22.6 Å². The van der Waals surface area contributed by atoms with E-state index in [9.17, 15) is 0 Å². The van der Waals surface area contributed by atoms with E-state index >= 15 is 0 Å². The zero-order valence-electron chi connectivity index (χ0n) is 12.9. The van der Waals surface area contributed by atoms with Crippen LogP contribution in [0, 0.1) is 6.92 Å². The van der Waals surface area contributed by atoms with Crippen molar-refractivity contribution >= 4 is 11.8 Å². The third-order valence-corrected chi connectivity index (χ3v) is 3.87. The maximum absolute atomic E-state index is 4.59. The van der Waals surface area contributed by atoms with E-state index in [4.69, 9.17) is 0 Å². The molecule has 0 radical (unpaired) electrons. The van der Waals surface area contributed by atoms with E-state index in [1.165, 1.54) is 51.4 Å². The summed E-state index contributed by atoms with van der Waals surface area (Å²) in [6.07, 6.45) is 10.3. The van der Waals surface area contributed by atoms with Crippen LogP contribution < -0.4 is 10.6 Å². The Kier molecular flexibility index (Phi) is 6.09. The number of nitrogens with one attached hydrogen (secondary N) is 2. The lowest BCUT2D eigenvalue weighted by molar-refractivity contribution is 0.462. The molecule has 1 fully saturated rings. The number of rotatable bonds is 7. The average molecular weight is 276 g/mol. The van der Waals surface area contributed by atoms with E-state index in [0.717, 1.165) is 24.0 Å². The molecule has 4 heteroatoms. The normalized spacial score (nSPS) is 16.1. The van der Waals surface area contributed by atoms with E-state index in [-0.39, 0.29) is 0 Å². The molecule has 0 aliphatic heterocycles. The number of hydrogen-bond donors (Lipinski definition) is 2. The molecule has 2 N–H and O–H groups in total. The quantitative estimate of drug-likeness (QED) is 0.735.